The first-order chi connectivity index (χ1) is 35.3. The summed E-state index contributed by atoms with van der Waals surface area (Å²) in [5.41, 5.74) is 12.2. The molecule has 0 atom stereocenters. The van der Waals surface area contributed by atoms with E-state index in [2.05, 4.69) is 54.2 Å². The molecule has 18 bridgehead atoms. The minimum Gasteiger partial charge on any atom is -0.493 e. The minimum absolute atomic E-state index is 0.0342. The van der Waals surface area contributed by atoms with Crippen LogP contribution in [0.5, 0.6) is 69.0 Å². The molecule has 12 heterocycles. The molecule has 6 aromatic rings. The molecule has 0 N–H and O–H groups in total. The fourth-order valence-corrected chi connectivity index (χ4v) is 9.83. The summed E-state index contributed by atoms with van der Waals surface area (Å²) in [6.07, 6.45) is 20.5. The van der Waals surface area contributed by atoms with Crippen LogP contribution in [0, 0.1) is 37.0 Å². The topological polar surface area (TPSA) is 111 Å². The first-order valence-corrected chi connectivity index (χ1v) is 23.9. The summed E-state index contributed by atoms with van der Waals surface area (Å²) in [5.74, 6) is 14.4. The maximum Gasteiger partial charge on any atom is 0.162 e. The van der Waals surface area contributed by atoms with Gasteiger partial charge in [-0.2, -0.15) is 0 Å². The fraction of sp³-hybridized carbons (Fsp3) is 0.300. The number of hydrogen-bond donors (Lipinski definition) is 0. The lowest BCUT2D eigenvalue weighted by Crippen LogP contribution is -2.13. The molecule has 0 fully saturated rings. The molecule has 6 aromatic carbocycles. The van der Waals surface area contributed by atoms with E-state index >= 15 is 0 Å². The van der Waals surface area contributed by atoms with E-state index in [1.165, 1.54) is 0 Å². The third-order valence-corrected chi connectivity index (χ3v) is 13.3. The number of rotatable bonds is 9. The lowest BCUT2D eigenvalue weighted by molar-refractivity contribution is 0.204. The predicted octanol–water partition coefficient (Wildman–Crippen LogP) is 8.92. The van der Waals surface area contributed by atoms with Crippen molar-refractivity contribution in [2.75, 3.05) is 80.8 Å². The number of benzene rings is 6. The quantitative estimate of drug-likeness (QED) is 0.129. The molecule has 2 aliphatic carbocycles. The molecule has 12 heteroatoms. The zero-order valence-electron chi connectivity index (χ0n) is 40.7. The minimum atomic E-state index is 0.0342. The van der Waals surface area contributed by atoms with Gasteiger partial charge in [0.25, 0.3) is 0 Å². The maximum absolute atomic E-state index is 6.59. The van der Waals surface area contributed by atoms with Crippen molar-refractivity contribution in [2.24, 2.45) is 0 Å². The van der Waals surface area contributed by atoms with Gasteiger partial charge in [0.15, 0.2) is 69.0 Å². The van der Waals surface area contributed by atoms with E-state index in [0.717, 1.165) is 66.8 Å². The molecule has 20 rings (SSSR count). The second-order valence-corrected chi connectivity index (χ2v) is 17.6. The van der Waals surface area contributed by atoms with E-state index in [-0.39, 0.29) is 59.5 Å². The van der Waals surface area contributed by atoms with Crippen molar-refractivity contribution in [1.82, 2.24) is 0 Å². The summed E-state index contributed by atoms with van der Waals surface area (Å²) in [5, 5.41) is 0. The number of hydrogen-bond acceptors (Lipinski definition) is 12. The zero-order valence-corrected chi connectivity index (χ0v) is 40.7. The number of terminal acetylenes is 3. The Bertz CT molecular complexity index is 2830. The monoisotopic (exact) mass is 966 g/mol. The number of methoxy groups -OCH3 is 3. The van der Waals surface area contributed by atoms with Crippen LogP contribution in [-0.2, 0) is 38.5 Å². The summed E-state index contributed by atoms with van der Waals surface area (Å²) in [6, 6.07) is 24.5. The standard InChI is InChI=1S/C60H54O12/c1-7-10-64-55-31-43-22-47-35-59-57(66-12-9-3)33-45(47)24-48-36-60-56(65-11-8-2)32-44(48)23-46(43)34-58(55)70-16-13-67-52-28-40-19-38-26-50(62-5)53(68-14-17-71-59)30-42(38)21-39-27-51(63-6)54(69-15-18-72-60)29-41(39)20-37(40)25-49(52)61-4/h1-3,25-36H,10-24H2,4-6H3. The van der Waals surface area contributed by atoms with Crippen molar-refractivity contribution < 1.29 is 56.8 Å². The van der Waals surface area contributed by atoms with Crippen molar-refractivity contribution in [3.63, 3.8) is 0 Å². The molecule has 0 radical (unpaired) electrons. The van der Waals surface area contributed by atoms with E-state index in [1.807, 2.05) is 36.4 Å². The van der Waals surface area contributed by atoms with Crippen LogP contribution in [-0.4, -0.2) is 80.8 Å². The second kappa shape index (κ2) is 21.3. The zero-order chi connectivity index (χ0) is 49.6. The highest BCUT2D eigenvalue weighted by molar-refractivity contribution is 5.61. The Kier molecular flexibility index (Phi) is 14.0. The summed E-state index contributed by atoms with van der Waals surface area (Å²) in [6.45, 7) is 1.21. The van der Waals surface area contributed by atoms with Crippen molar-refractivity contribution in [1.29, 1.82) is 0 Å². The van der Waals surface area contributed by atoms with Crippen LogP contribution < -0.4 is 56.8 Å². The third-order valence-electron chi connectivity index (χ3n) is 13.3. The Hall–Kier alpha value is -8.40. The summed E-state index contributed by atoms with van der Waals surface area (Å²) in [4.78, 5) is 0. The van der Waals surface area contributed by atoms with Crippen LogP contribution in [0.3, 0.4) is 0 Å². The Balaban J connectivity index is 1.21. The smallest absolute Gasteiger partial charge is 0.162 e. The Labute approximate surface area is 420 Å². The number of ether oxygens (including phenoxy) is 12. The molecular weight excluding hydrogens is 913 g/mol. The maximum atomic E-state index is 6.59. The lowest BCUT2D eigenvalue weighted by Gasteiger charge is -2.20. The van der Waals surface area contributed by atoms with Crippen LogP contribution in [0.15, 0.2) is 72.8 Å². The van der Waals surface area contributed by atoms with E-state index in [9.17, 15) is 0 Å². The van der Waals surface area contributed by atoms with Gasteiger partial charge in [0.1, 0.15) is 59.5 Å². The van der Waals surface area contributed by atoms with Crippen molar-refractivity contribution >= 4 is 0 Å². The molecule has 0 unspecified atom stereocenters. The van der Waals surface area contributed by atoms with Gasteiger partial charge in [-0.3, -0.25) is 0 Å². The molecule has 0 saturated carbocycles. The van der Waals surface area contributed by atoms with Crippen molar-refractivity contribution in [3.8, 4) is 106 Å². The predicted molar refractivity (Wildman–Crippen MR) is 271 cm³/mol. The Morgan fingerprint density at radius 3 is 0.681 bits per heavy atom. The fourth-order valence-electron chi connectivity index (χ4n) is 9.83. The second-order valence-electron chi connectivity index (χ2n) is 17.6. The average Bonchev–Trinajstić information content (AvgIpc) is 3.48. The van der Waals surface area contributed by atoms with E-state index in [1.54, 1.807) is 21.3 Å². The van der Waals surface area contributed by atoms with Crippen LogP contribution in [0.4, 0.5) is 0 Å². The summed E-state index contributed by atoms with van der Waals surface area (Å²) < 4.78 is 76.2. The highest BCUT2D eigenvalue weighted by atomic mass is 16.6. The van der Waals surface area contributed by atoms with E-state index < -0.39 is 0 Å². The van der Waals surface area contributed by atoms with Gasteiger partial charge in [-0.15, -0.1) is 19.3 Å². The van der Waals surface area contributed by atoms with Gasteiger partial charge in [0, 0.05) is 0 Å². The molecular formula is C60H54O12. The van der Waals surface area contributed by atoms with Crippen LogP contribution in [0.25, 0.3) is 0 Å². The SMILES string of the molecule is C#CCOc1cc2c3cc1OCCOc1cc4c(cc1OC)Cc1cc5c(OC)cc1Cc1cc(c(OC)cc1C4)OCCOc1cc(c(cc1OCC#C)Cc1cc(c(OCC#C)cc1C3)OCCO5)C2. The normalized spacial score (nSPS) is 14.2. The molecule has 0 saturated heterocycles. The molecule has 0 amide bonds. The first kappa shape index (κ1) is 47.3. The molecule has 12 nitrogen and oxygen atoms in total. The van der Waals surface area contributed by atoms with Crippen LogP contribution in [0.1, 0.15) is 66.8 Å². The van der Waals surface area contributed by atoms with Crippen molar-refractivity contribution in [3.05, 3.63) is 140 Å². The van der Waals surface area contributed by atoms with Gasteiger partial charge in [0.05, 0.1) is 21.3 Å². The van der Waals surface area contributed by atoms with Gasteiger partial charge in [0.2, 0.25) is 0 Å². The molecule has 12 aliphatic heterocycles. The van der Waals surface area contributed by atoms with Gasteiger partial charge < -0.3 is 56.8 Å². The van der Waals surface area contributed by atoms with E-state index in [0.29, 0.717) is 108 Å². The largest absolute Gasteiger partial charge is 0.493 e. The Morgan fingerprint density at radius 2 is 0.486 bits per heavy atom. The first-order valence-electron chi connectivity index (χ1n) is 23.9. The van der Waals surface area contributed by atoms with Crippen molar-refractivity contribution in [2.45, 2.75) is 38.5 Å². The van der Waals surface area contributed by atoms with Gasteiger partial charge in [-0.1, -0.05) is 17.8 Å². The summed E-state index contributed by atoms with van der Waals surface area (Å²) in [7, 11) is 4.95. The Morgan fingerprint density at radius 1 is 0.306 bits per heavy atom. The van der Waals surface area contributed by atoms with Crippen LogP contribution >= 0.6 is 0 Å². The highest BCUT2D eigenvalue weighted by Gasteiger charge is 2.26. The summed E-state index contributed by atoms with van der Waals surface area (Å²) >= 11 is 0. The molecule has 72 heavy (non-hydrogen) atoms. The van der Waals surface area contributed by atoms with E-state index in [4.69, 9.17) is 76.1 Å². The van der Waals surface area contributed by atoms with Crippen LogP contribution in [0.2, 0.25) is 0 Å². The highest BCUT2D eigenvalue weighted by Crippen LogP contribution is 2.44. The average molecular weight is 967 g/mol. The third kappa shape index (κ3) is 9.97. The van der Waals surface area contributed by atoms with Gasteiger partial charge in [-0.25, -0.2) is 0 Å². The molecule has 0 aromatic heterocycles. The van der Waals surface area contributed by atoms with Gasteiger partial charge >= 0.3 is 0 Å². The molecule has 0 spiro atoms. The molecule has 366 valence electrons. The van der Waals surface area contributed by atoms with Gasteiger partial charge in [-0.05, 0) is 178 Å². The lowest BCUT2D eigenvalue weighted by atomic mass is 9.94. The molecule has 14 aliphatic rings.